The van der Waals surface area contributed by atoms with Gasteiger partial charge in [0.2, 0.25) is 0 Å². The normalized spacial score (nSPS) is 40.6. The highest BCUT2D eigenvalue weighted by atomic mass is 16.8. The van der Waals surface area contributed by atoms with Crippen LogP contribution in [0, 0.1) is 22.7 Å². The van der Waals surface area contributed by atoms with Crippen molar-refractivity contribution in [1.82, 2.24) is 4.90 Å². The number of allylic oxidation sites excluding steroid dienone is 2. The number of ketones is 1. The van der Waals surface area contributed by atoms with Gasteiger partial charge in [0.05, 0.1) is 43.5 Å². The van der Waals surface area contributed by atoms with Gasteiger partial charge in [-0.1, -0.05) is 32.4 Å². The lowest BCUT2D eigenvalue weighted by Gasteiger charge is -2.64. The maximum atomic E-state index is 14.9. The van der Waals surface area contributed by atoms with Gasteiger partial charge in [0.15, 0.2) is 5.60 Å². The first-order valence-corrected chi connectivity index (χ1v) is 15.0. The Kier molecular flexibility index (Phi) is 9.42. The Hall–Kier alpha value is -1.52. The summed E-state index contributed by atoms with van der Waals surface area (Å²) >= 11 is 0. The van der Waals surface area contributed by atoms with Crippen LogP contribution in [0.25, 0.3) is 0 Å². The average molecular weight is 566 g/mol. The minimum atomic E-state index is -1.13. The van der Waals surface area contributed by atoms with Gasteiger partial charge in [-0.2, -0.15) is 0 Å². The predicted octanol–water partition coefficient (Wildman–Crippen LogP) is 4.15. The molecule has 4 aliphatic rings. The summed E-state index contributed by atoms with van der Waals surface area (Å²) < 4.78 is 29.0. The van der Waals surface area contributed by atoms with E-state index in [4.69, 9.17) is 23.7 Å². The van der Waals surface area contributed by atoms with Crippen LogP contribution < -0.4 is 0 Å². The molecule has 0 spiro atoms. The van der Waals surface area contributed by atoms with Gasteiger partial charge < -0.3 is 28.8 Å². The van der Waals surface area contributed by atoms with Crippen molar-refractivity contribution in [2.75, 3.05) is 53.2 Å². The van der Waals surface area contributed by atoms with Crippen molar-refractivity contribution in [2.45, 2.75) is 97.1 Å². The summed E-state index contributed by atoms with van der Waals surface area (Å²) in [6, 6.07) is 0. The fourth-order valence-electron chi connectivity index (χ4n) is 7.44. The Morgan fingerprint density at radius 2 is 1.95 bits per heavy atom. The molecule has 2 aliphatic carbocycles. The monoisotopic (exact) mass is 565 g/mol. The molecule has 0 radical (unpaired) electrons. The third kappa shape index (κ3) is 5.74. The maximum absolute atomic E-state index is 14.9. The summed E-state index contributed by atoms with van der Waals surface area (Å²) in [4.78, 5) is 30.1. The van der Waals surface area contributed by atoms with Gasteiger partial charge in [-0.05, 0) is 58.4 Å². The first-order valence-electron chi connectivity index (χ1n) is 15.0. The molecule has 0 amide bonds. The molecule has 40 heavy (non-hydrogen) atoms. The van der Waals surface area contributed by atoms with Crippen LogP contribution >= 0.6 is 0 Å². The van der Waals surface area contributed by atoms with Crippen molar-refractivity contribution in [3.8, 4) is 0 Å². The zero-order valence-electron chi connectivity index (χ0n) is 25.6. The zero-order chi connectivity index (χ0) is 29.3. The fraction of sp³-hybridized carbons (Fsp3) is 0.871. The molecule has 0 bridgehead atoms. The molecule has 7 atom stereocenters. The van der Waals surface area contributed by atoms with E-state index in [0.29, 0.717) is 38.9 Å². The second-order valence-electron chi connectivity index (χ2n) is 13.5. The van der Waals surface area contributed by atoms with Crippen LogP contribution in [0.15, 0.2) is 11.6 Å². The van der Waals surface area contributed by atoms with Gasteiger partial charge in [0.1, 0.15) is 11.9 Å². The van der Waals surface area contributed by atoms with E-state index in [-0.39, 0.29) is 31.3 Å². The van der Waals surface area contributed by atoms with Gasteiger partial charge in [-0.25, -0.2) is 4.79 Å². The Morgan fingerprint density at radius 3 is 2.52 bits per heavy atom. The molecule has 1 saturated carbocycles. The predicted molar refractivity (Wildman–Crippen MR) is 150 cm³/mol. The summed E-state index contributed by atoms with van der Waals surface area (Å²) in [7, 11) is 1.64. The Balaban J connectivity index is 1.81. The Morgan fingerprint density at radius 1 is 1.25 bits per heavy atom. The number of fused-ring (bicyclic) bond motifs is 3. The van der Waals surface area contributed by atoms with Crippen LogP contribution in [0.5, 0.6) is 0 Å². The van der Waals surface area contributed by atoms with Crippen LogP contribution in [0.4, 0.5) is 4.79 Å². The van der Waals surface area contributed by atoms with Gasteiger partial charge in [0, 0.05) is 38.5 Å². The SMILES string of the molecule is CCOC(=O)O[C@@]12CO[C@@H]1C[C@H](OC)[C@@]1(C)C(=O)C(CCN3CCOCC3)/C=C(\C)CC[C@](O)(C(C)(C)C)CC12. The van der Waals surface area contributed by atoms with Crippen LogP contribution in [-0.2, 0) is 28.5 Å². The third-order valence-electron chi connectivity index (χ3n) is 10.4. The Bertz CT molecular complexity index is 955. The number of methoxy groups -OCH3 is 1. The number of rotatable bonds is 6. The molecule has 1 N–H and O–H groups in total. The van der Waals surface area contributed by atoms with Gasteiger partial charge in [0.25, 0.3) is 0 Å². The molecule has 2 unspecified atom stereocenters. The van der Waals surface area contributed by atoms with E-state index in [1.165, 1.54) is 0 Å². The topological polar surface area (TPSA) is 104 Å². The lowest BCUT2D eigenvalue weighted by atomic mass is 9.49. The van der Waals surface area contributed by atoms with Crippen molar-refractivity contribution >= 4 is 11.9 Å². The molecule has 2 heterocycles. The highest BCUT2D eigenvalue weighted by Gasteiger charge is 2.71. The summed E-state index contributed by atoms with van der Waals surface area (Å²) in [5.41, 5.74) is -2.63. The van der Waals surface area contributed by atoms with E-state index in [9.17, 15) is 14.7 Å². The molecular weight excluding hydrogens is 514 g/mol. The number of Topliss-reactive ketones (excluding diaryl/α,β-unsaturated/α-hetero) is 1. The van der Waals surface area contributed by atoms with Gasteiger partial charge >= 0.3 is 6.16 Å². The third-order valence-corrected chi connectivity index (χ3v) is 10.4. The molecule has 3 fully saturated rings. The standard InChI is InChI=1S/C31H51NO8/c1-8-38-27(34)40-31-20-39-25(31)18-24(36-7)29(6)23(31)19-30(35,28(3,4)5)11-9-21(2)17-22(26(29)33)10-12-32-13-15-37-16-14-32/h17,22-25,35H,8-16,18-20H2,1-7H3/b21-17+/t22?,23?,24-,25+,29-,30+,31+/m0/s1. The summed E-state index contributed by atoms with van der Waals surface area (Å²) in [5.74, 6) is -0.783. The van der Waals surface area contributed by atoms with Gasteiger partial charge in [-0.15, -0.1) is 0 Å². The Labute approximate surface area is 239 Å². The van der Waals surface area contributed by atoms with Crippen molar-refractivity contribution < 1.29 is 38.4 Å². The first-order chi connectivity index (χ1) is 18.8. The van der Waals surface area contributed by atoms with E-state index in [1.807, 2.05) is 27.7 Å². The molecule has 0 aromatic heterocycles. The van der Waals surface area contributed by atoms with Crippen molar-refractivity contribution in [2.24, 2.45) is 22.7 Å². The number of hydrogen-bond acceptors (Lipinski definition) is 9. The molecule has 228 valence electrons. The molecule has 9 nitrogen and oxygen atoms in total. The number of carbonyl (C=O) groups excluding carboxylic acids is 2. The highest BCUT2D eigenvalue weighted by molar-refractivity contribution is 5.90. The van der Waals surface area contributed by atoms with Crippen molar-refractivity contribution in [1.29, 1.82) is 0 Å². The first kappa shape index (κ1) is 31.4. The van der Waals surface area contributed by atoms with Crippen LogP contribution in [0.1, 0.15) is 73.6 Å². The lowest BCUT2D eigenvalue weighted by Crippen LogP contribution is -2.76. The minimum absolute atomic E-state index is 0.0762. The number of hydrogen-bond donors (Lipinski definition) is 1. The number of carbonyl (C=O) groups is 2. The minimum Gasteiger partial charge on any atom is -0.435 e. The van der Waals surface area contributed by atoms with Gasteiger partial charge in [-0.3, -0.25) is 9.69 Å². The number of aliphatic hydroxyl groups is 1. The van der Waals surface area contributed by atoms with E-state index in [0.717, 1.165) is 25.2 Å². The summed E-state index contributed by atoms with van der Waals surface area (Å²) in [6.07, 6.45) is 3.05. The van der Waals surface area contributed by atoms with E-state index < -0.39 is 46.3 Å². The number of nitrogens with zero attached hydrogens (tertiary/aromatic N) is 1. The summed E-state index contributed by atoms with van der Waals surface area (Å²) in [5, 5.41) is 12.4. The molecule has 2 saturated heterocycles. The largest absolute Gasteiger partial charge is 0.509 e. The number of ether oxygens (including phenoxy) is 5. The van der Waals surface area contributed by atoms with E-state index in [2.05, 4.69) is 17.9 Å². The van der Waals surface area contributed by atoms with Crippen molar-refractivity contribution in [3.63, 3.8) is 0 Å². The molecule has 9 heteroatoms. The second-order valence-corrected chi connectivity index (χ2v) is 13.5. The average Bonchev–Trinajstić information content (AvgIpc) is 2.89. The van der Waals surface area contributed by atoms with E-state index in [1.54, 1.807) is 14.0 Å². The van der Waals surface area contributed by atoms with Crippen LogP contribution in [0.2, 0.25) is 0 Å². The number of morpholine rings is 1. The smallest absolute Gasteiger partial charge is 0.435 e. The molecular formula is C31H51NO8. The molecule has 2 aliphatic heterocycles. The molecule has 0 aromatic rings. The highest BCUT2D eigenvalue weighted by Crippen LogP contribution is 2.60. The van der Waals surface area contributed by atoms with Crippen LogP contribution in [-0.4, -0.2) is 98.5 Å². The molecule has 0 aromatic carbocycles. The van der Waals surface area contributed by atoms with Crippen LogP contribution in [0.3, 0.4) is 0 Å². The van der Waals surface area contributed by atoms with Crippen molar-refractivity contribution in [3.05, 3.63) is 11.6 Å². The maximum Gasteiger partial charge on any atom is 0.509 e. The van der Waals surface area contributed by atoms with E-state index >= 15 is 0 Å². The fourth-order valence-corrected chi connectivity index (χ4v) is 7.44. The zero-order valence-corrected chi connectivity index (χ0v) is 25.6. The second kappa shape index (κ2) is 12.0. The summed E-state index contributed by atoms with van der Waals surface area (Å²) in [6.45, 7) is 16.1. The lowest BCUT2D eigenvalue weighted by molar-refractivity contribution is -0.324. The molecule has 4 rings (SSSR count). The quantitative estimate of drug-likeness (QED) is 0.376.